The highest BCUT2D eigenvalue weighted by atomic mass is 19.1. The first kappa shape index (κ1) is 20.3. The lowest BCUT2D eigenvalue weighted by atomic mass is 9.98. The Balaban J connectivity index is 1.90. The van der Waals surface area contributed by atoms with Crippen LogP contribution in [0.5, 0.6) is 5.75 Å². The number of rotatable bonds is 5. The second-order valence-corrected chi connectivity index (χ2v) is 6.86. The van der Waals surface area contributed by atoms with E-state index in [1.54, 1.807) is 42.5 Å². The molecule has 7 heteroatoms. The summed E-state index contributed by atoms with van der Waals surface area (Å²) in [5.74, 6) is -1.96. The van der Waals surface area contributed by atoms with E-state index >= 15 is 0 Å². The lowest BCUT2D eigenvalue weighted by Crippen LogP contribution is -2.29. The zero-order valence-electron chi connectivity index (χ0n) is 16.7. The van der Waals surface area contributed by atoms with E-state index < -0.39 is 23.5 Å². The summed E-state index contributed by atoms with van der Waals surface area (Å²) in [7, 11) is 0. The van der Waals surface area contributed by atoms with Crippen LogP contribution in [0.2, 0.25) is 0 Å². The van der Waals surface area contributed by atoms with Crippen molar-refractivity contribution in [3.05, 3.63) is 95.6 Å². The number of carbonyl (C=O) groups is 2. The maximum Gasteiger partial charge on any atom is 0.300 e. The molecule has 1 fully saturated rings. The molecule has 0 spiro atoms. The van der Waals surface area contributed by atoms with Gasteiger partial charge in [0.25, 0.3) is 11.7 Å². The van der Waals surface area contributed by atoms with Crippen molar-refractivity contribution >= 4 is 23.1 Å². The molecule has 31 heavy (non-hydrogen) atoms. The first-order valence-corrected chi connectivity index (χ1v) is 9.72. The van der Waals surface area contributed by atoms with Crippen molar-refractivity contribution in [3.8, 4) is 5.75 Å². The fourth-order valence-corrected chi connectivity index (χ4v) is 3.57. The number of amides is 1. The molecule has 1 unspecified atom stereocenters. The summed E-state index contributed by atoms with van der Waals surface area (Å²) in [5, 5.41) is 11.1. The number of Topliss-reactive ketones (excluding diaryl/α,β-unsaturated/α-hetero) is 1. The van der Waals surface area contributed by atoms with Gasteiger partial charge in [-0.15, -0.1) is 0 Å². The van der Waals surface area contributed by atoms with Crippen LogP contribution in [0.4, 0.5) is 10.1 Å². The van der Waals surface area contributed by atoms with Crippen molar-refractivity contribution in [2.45, 2.75) is 13.0 Å². The summed E-state index contributed by atoms with van der Waals surface area (Å²) in [6, 6.07) is 16.0. The van der Waals surface area contributed by atoms with Gasteiger partial charge in [0.05, 0.1) is 17.9 Å². The minimum Gasteiger partial charge on any atom is -0.507 e. The zero-order chi connectivity index (χ0) is 22.0. The summed E-state index contributed by atoms with van der Waals surface area (Å²) in [4.78, 5) is 31.5. The second-order valence-electron chi connectivity index (χ2n) is 6.86. The van der Waals surface area contributed by atoms with E-state index in [4.69, 9.17) is 4.74 Å². The number of ether oxygens (including phenoxy) is 1. The average molecular weight is 418 g/mol. The predicted molar refractivity (Wildman–Crippen MR) is 113 cm³/mol. The summed E-state index contributed by atoms with van der Waals surface area (Å²) < 4.78 is 18.9. The number of hydrogen-bond acceptors (Lipinski definition) is 5. The highest BCUT2D eigenvalue weighted by Gasteiger charge is 2.47. The average Bonchev–Trinajstić information content (AvgIpc) is 3.05. The van der Waals surface area contributed by atoms with Gasteiger partial charge in [-0.25, -0.2) is 4.39 Å². The number of benzene rings is 2. The van der Waals surface area contributed by atoms with Gasteiger partial charge in [-0.1, -0.05) is 18.2 Å². The summed E-state index contributed by atoms with van der Waals surface area (Å²) in [5.41, 5.74) is 0.959. The van der Waals surface area contributed by atoms with Gasteiger partial charge in [-0.2, -0.15) is 0 Å². The van der Waals surface area contributed by atoms with Gasteiger partial charge in [0.1, 0.15) is 23.4 Å². The zero-order valence-corrected chi connectivity index (χ0v) is 16.7. The van der Waals surface area contributed by atoms with Gasteiger partial charge in [0, 0.05) is 17.4 Å². The first-order chi connectivity index (χ1) is 15.0. The van der Waals surface area contributed by atoms with E-state index in [0.29, 0.717) is 29.3 Å². The van der Waals surface area contributed by atoms with Crippen LogP contribution in [-0.4, -0.2) is 28.4 Å². The highest BCUT2D eigenvalue weighted by molar-refractivity contribution is 6.51. The molecule has 1 aliphatic rings. The number of hydrogen-bond donors (Lipinski definition) is 1. The molecule has 0 aliphatic carbocycles. The maximum atomic E-state index is 13.5. The molecular weight excluding hydrogens is 399 g/mol. The Morgan fingerprint density at radius 2 is 1.87 bits per heavy atom. The third-order valence-electron chi connectivity index (χ3n) is 4.94. The Morgan fingerprint density at radius 1 is 1.10 bits per heavy atom. The van der Waals surface area contributed by atoms with Crippen molar-refractivity contribution in [3.63, 3.8) is 0 Å². The van der Waals surface area contributed by atoms with E-state index in [1.165, 1.54) is 35.4 Å². The Labute approximate surface area is 178 Å². The number of aliphatic hydroxyl groups is 1. The van der Waals surface area contributed by atoms with E-state index in [2.05, 4.69) is 4.98 Å². The molecule has 1 aromatic heterocycles. The third-order valence-corrected chi connectivity index (χ3v) is 4.94. The lowest BCUT2D eigenvalue weighted by Gasteiger charge is -2.24. The van der Waals surface area contributed by atoms with Crippen LogP contribution in [0.3, 0.4) is 0 Å². The predicted octanol–water partition coefficient (Wildman–Crippen LogP) is 4.25. The van der Waals surface area contributed by atoms with Crippen LogP contribution >= 0.6 is 0 Å². The number of anilines is 1. The molecule has 156 valence electrons. The molecule has 3 aromatic rings. The Bertz CT molecular complexity index is 1160. The van der Waals surface area contributed by atoms with Crippen LogP contribution in [0, 0.1) is 5.82 Å². The van der Waals surface area contributed by atoms with Crippen LogP contribution in [0.25, 0.3) is 5.76 Å². The van der Waals surface area contributed by atoms with E-state index in [1.807, 2.05) is 6.92 Å². The van der Waals surface area contributed by atoms with Crippen LogP contribution in [0.1, 0.15) is 24.2 Å². The van der Waals surface area contributed by atoms with Gasteiger partial charge in [0.15, 0.2) is 0 Å². The fraction of sp³-hybridized carbons (Fsp3) is 0.125. The smallest absolute Gasteiger partial charge is 0.300 e. The SMILES string of the molecule is CCOc1cccc(/C(O)=C2/C(=O)C(=O)N(c3ccc(F)cc3)C2c2ccccn2)c1. The molecule has 1 atom stereocenters. The lowest BCUT2D eigenvalue weighted by molar-refractivity contribution is -0.132. The molecule has 1 N–H and O–H groups in total. The van der Waals surface area contributed by atoms with Crippen LogP contribution in [0.15, 0.2) is 78.5 Å². The minimum atomic E-state index is -0.970. The van der Waals surface area contributed by atoms with Crippen molar-refractivity contribution in [1.29, 1.82) is 0 Å². The molecule has 0 saturated carbocycles. The number of aliphatic hydroxyl groups excluding tert-OH is 1. The summed E-state index contributed by atoms with van der Waals surface area (Å²) in [6.45, 7) is 2.27. The molecule has 0 radical (unpaired) electrons. The van der Waals surface area contributed by atoms with Gasteiger partial charge in [0.2, 0.25) is 0 Å². The summed E-state index contributed by atoms with van der Waals surface area (Å²) >= 11 is 0. The normalized spacial score (nSPS) is 17.7. The monoisotopic (exact) mass is 418 g/mol. The molecule has 0 bridgehead atoms. The Hall–Kier alpha value is -4.00. The summed E-state index contributed by atoms with van der Waals surface area (Å²) in [6.07, 6.45) is 1.54. The molecule has 1 saturated heterocycles. The van der Waals surface area contributed by atoms with Gasteiger partial charge < -0.3 is 9.84 Å². The third kappa shape index (κ3) is 3.77. The number of aromatic nitrogens is 1. The maximum absolute atomic E-state index is 13.5. The van der Waals surface area contributed by atoms with E-state index in [0.717, 1.165) is 0 Å². The van der Waals surface area contributed by atoms with Crippen molar-refractivity contribution < 1.29 is 23.8 Å². The first-order valence-electron chi connectivity index (χ1n) is 9.72. The van der Waals surface area contributed by atoms with Crippen LogP contribution < -0.4 is 9.64 Å². The number of pyridine rings is 1. The van der Waals surface area contributed by atoms with Crippen LogP contribution in [-0.2, 0) is 9.59 Å². The van der Waals surface area contributed by atoms with Gasteiger partial charge >= 0.3 is 0 Å². The topological polar surface area (TPSA) is 79.7 Å². The molecule has 2 heterocycles. The standard InChI is InChI=1S/C24H19FN2O4/c1-2-31-18-7-5-6-15(14-18)22(28)20-21(19-8-3-4-13-26-19)27(24(30)23(20)29)17-11-9-16(25)10-12-17/h3-14,21,28H,2H2,1H3/b22-20-. The molecule has 1 amide bonds. The quantitative estimate of drug-likeness (QED) is 0.381. The number of nitrogens with zero attached hydrogens (tertiary/aromatic N) is 2. The molecule has 4 rings (SSSR count). The Kier molecular flexibility index (Phi) is 5.49. The molecule has 1 aliphatic heterocycles. The fourth-order valence-electron chi connectivity index (χ4n) is 3.57. The minimum absolute atomic E-state index is 0.0957. The van der Waals surface area contributed by atoms with E-state index in [9.17, 15) is 19.1 Å². The number of carbonyl (C=O) groups excluding carboxylic acids is 2. The van der Waals surface area contributed by atoms with Crippen molar-refractivity contribution in [1.82, 2.24) is 4.98 Å². The molecule has 6 nitrogen and oxygen atoms in total. The Morgan fingerprint density at radius 3 is 2.55 bits per heavy atom. The molecule has 2 aromatic carbocycles. The second kappa shape index (κ2) is 8.39. The largest absolute Gasteiger partial charge is 0.507 e. The number of halogens is 1. The number of ketones is 1. The van der Waals surface area contributed by atoms with Crippen molar-refractivity contribution in [2.24, 2.45) is 0 Å². The van der Waals surface area contributed by atoms with Crippen molar-refractivity contribution in [2.75, 3.05) is 11.5 Å². The molecular formula is C24H19FN2O4. The van der Waals surface area contributed by atoms with Gasteiger partial charge in [-0.05, 0) is 55.5 Å². The highest BCUT2D eigenvalue weighted by Crippen LogP contribution is 2.41. The van der Waals surface area contributed by atoms with Gasteiger partial charge in [-0.3, -0.25) is 19.5 Å². The van der Waals surface area contributed by atoms with E-state index in [-0.39, 0.29) is 11.3 Å².